The van der Waals surface area contributed by atoms with Gasteiger partial charge < -0.3 is 5.32 Å². The Balaban J connectivity index is 1.66. The summed E-state index contributed by atoms with van der Waals surface area (Å²) < 4.78 is 2.04. The molecule has 0 amide bonds. The van der Waals surface area contributed by atoms with Crippen molar-refractivity contribution in [1.82, 2.24) is 20.0 Å². The van der Waals surface area contributed by atoms with Gasteiger partial charge in [-0.1, -0.05) is 13.8 Å². The summed E-state index contributed by atoms with van der Waals surface area (Å²) in [5.74, 6) is 1.70. The minimum atomic E-state index is 0.671. The minimum Gasteiger partial charge on any atom is -0.311 e. The zero-order valence-corrected chi connectivity index (χ0v) is 13.8. The van der Waals surface area contributed by atoms with Crippen LogP contribution >= 0.6 is 0 Å². The molecule has 2 fully saturated rings. The zero-order valence-electron chi connectivity index (χ0n) is 13.8. The Kier molecular flexibility index (Phi) is 4.65. The number of piperazine rings is 1. The molecule has 1 aliphatic heterocycles. The van der Waals surface area contributed by atoms with Gasteiger partial charge in [0.05, 0.1) is 6.20 Å². The number of nitrogens with zero attached hydrogens (tertiary/aromatic N) is 3. The van der Waals surface area contributed by atoms with E-state index in [-0.39, 0.29) is 0 Å². The maximum Gasteiger partial charge on any atom is 0.0534 e. The predicted octanol–water partition coefficient (Wildman–Crippen LogP) is 2.50. The molecule has 0 radical (unpaired) electrons. The summed E-state index contributed by atoms with van der Waals surface area (Å²) >= 11 is 0. The van der Waals surface area contributed by atoms with Crippen molar-refractivity contribution in [1.29, 1.82) is 0 Å². The van der Waals surface area contributed by atoms with Crippen LogP contribution in [0.1, 0.15) is 45.6 Å². The fourth-order valence-corrected chi connectivity index (χ4v) is 3.56. The number of hydrogen-bond donors (Lipinski definition) is 1. The first-order valence-electron chi connectivity index (χ1n) is 8.64. The fourth-order valence-electron chi connectivity index (χ4n) is 3.56. The molecule has 1 saturated heterocycles. The summed E-state index contributed by atoms with van der Waals surface area (Å²) in [5, 5.41) is 8.23. The summed E-state index contributed by atoms with van der Waals surface area (Å²) in [6, 6.07) is 1.39. The Morgan fingerprint density at radius 3 is 2.81 bits per heavy atom. The highest BCUT2D eigenvalue weighted by atomic mass is 15.3. The van der Waals surface area contributed by atoms with E-state index in [0.717, 1.165) is 37.5 Å². The van der Waals surface area contributed by atoms with Gasteiger partial charge in [0.1, 0.15) is 0 Å². The van der Waals surface area contributed by atoms with Crippen molar-refractivity contribution in [3.8, 4) is 0 Å². The van der Waals surface area contributed by atoms with Crippen LogP contribution in [0.2, 0.25) is 0 Å². The number of nitrogens with one attached hydrogen (secondary N) is 1. The van der Waals surface area contributed by atoms with E-state index in [1.807, 2.05) is 10.9 Å². The number of aromatic nitrogens is 2. The van der Waals surface area contributed by atoms with Crippen LogP contribution in [-0.2, 0) is 13.1 Å². The largest absolute Gasteiger partial charge is 0.311 e. The highest BCUT2D eigenvalue weighted by Crippen LogP contribution is 2.35. The second-order valence-electron chi connectivity index (χ2n) is 7.27. The van der Waals surface area contributed by atoms with Gasteiger partial charge in [-0.2, -0.15) is 5.10 Å². The molecular formula is C17H30N4. The van der Waals surface area contributed by atoms with Gasteiger partial charge in [-0.15, -0.1) is 0 Å². The lowest BCUT2D eigenvalue weighted by atomic mass is 9.97. The molecule has 1 saturated carbocycles. The van der Waals surface area contributed by atoms with Gasteiger partial charge in [-0.3, -0.25) is 9.58 Å². The van der Waals surface area contributed by atoms with Crippen LogP contribution in [0.3, 0.4) is 0 Å². The smallest absolute Gasteiger partial charge is 0.0534 e. The molecule has 0 aromatic carbocycles. The molecule has 0 bridgehead atoms. The SMILES string of the molecule is CCn1cc(CN2CC(C3CC3)NCC2CC(C)C)cn1. The zero-order chi connectivity index (χ0) is 14.8. The van der Waals surface area contributed by atoms with Gasteiger partial charge in [-0.05, 0) is 38.0 Å². The van der Waals surface area contributed by atoms with E-state index in [9.17, 15) is 0 Å². The van der Waals surface area contributed by atoms with Crippen LogP contribution < -0.4 is 5.32 Å². The first-order chi connectivity index (χ1) is 10.2. The predicted molar refractivity (Wildman–Crippen MR) is 86.1 cm³/mol. The van der Waals surface area contributed by atoms with Gasteiger partial charge in [0.15, 0.2) is 0 Å². The molecule has 2 aliphatic rings. The van der Waals surface area contributed by atoms with Crippen LogP contribution in [0, 0.1) is 11.8 Å². The summed E-state index contributed by atoms with van der Waals surface area (Å²) in [4.78, 5) is 2.70. The van der Waals surface area contributed by atoms with Gasteiger partial charge in [0.2, 0.25) is 0 Å². The van der Waals surface area contributed by atoms with Gasteiger partial charge in [-0.25, -0.2) is 0 Å². The minimum absolute atomic E-state index is 0.671. The summed E-state index contributed by atoms with van der Waals surface area (Å²) in [7, 11) is 0. The average molecular weight is 290 g/mol. The van der Waals surface area contributed by atoms with Crippen molar-refractivity contribution in [3.05, 3.63) is 18.0 Å². The van der Waals surface area contributed by atoms with Crippen LogP contribution in [0.15, 0.2) is 12.4 Å². The van der Waals surface area contributed by atoms with E-state index < -0.39 is 0 Å². The monoisotopic (exact) mass is 290 g/mol. The number of rotatable bonds is 6. The molecule has 2 heterocycles. The summed E-state index contributed by atoms with van der Waals surface area (Å²) in [6.07, 6.45) is 8.39. The van der Waals surface area contributed by atoms with E-state index in [0.29, 0.717) is 6.04 Å². The molecule has 1 aromatic rings. The fraction of sp³-hybridized carbons (Fsp3) is 0.824. The third-order valence-corrected chi connectivity index (χ3v) is 4.89. The highest BCUT2D eigenvalue weighted by Gasteiger charge is 2.37. The maximum absolute atomic E-state index is 4.43. The van der Waals surface area contributed by atoms with Gasteiger partial charge in [0, 0.05) is 50.0 Å². The Bertz CT molecular complexity index is 449. The average Bonchev–Trinajstić information content (AvgIpc) is 3.20. The van der Waals surface area contributed by atoms with Crippen LogP contribution in [0.5, 0.6) is 0 Å². The number of aryl methyl sites for hydroxylation is 1. The molecule has 21 heavy (non-hydrogen) atoms. The molecule has 0 spiro atoms. The van der Waals surface area contributed by atoms with Crippen molar-refractivity contribution in [2.75, 3.05) is 13.1 Å². The molecule has 2 unspecified atom stereocenters. The normalized spacial score (nSPS) is 27.4. The second kappa shape index (κ2) is 6.49. The van der Waals surface area contributed by atoms with Crippen LogP contribution in [0.4, 0.5) is 0 Å². The quantitative estimate of drug-likeness (QED) is 0.874. The van der Waals surface area contributed by atoms with Gasteiger partial charge >= 0.3 is 0 Å². The second-order valence-corrected chi connectivity index (χ2v) is 7.27. The van der Waals surface area contributed by atoms with E-state index in [1.165, 1.54) is 31.4 Å². The number of hydrogen-bond acceptors (Lipinski definition) is 3. The first kappa shape index (κ1) is 15.0. The maximum atomic E-state index is 4.43. The Morgan fingerprint density at radius 1 is 1.38 bits per heavy atom. The Labute approximate surface area is 128 Å². The third kappa shape index (κ3) is 3.86. The Morgan fingerprint density at radius 2 is 2.19 bits per heavy atom. The lowest BCUT2D eigenvalue weighted by molar-refractivity contribution is 0.0999. The van der Waals surface area contributed by atoms with E-state index in [1.54, 1.807) is 0 Å². The van der Waals surface area contributed by atoms with Crippen LogP contribution in [-0.4, -0.2) is 39.9 Å². The molecule has 1 N–H and O–H groups in total. The van der Waals surface area contributed by atoms with Crippen molar-refractivity contribution in [3.63, 3.8) is 0 Å². The Hall–Kier alpha value is -0.870. The molecule has 4 heteroatoms. The lowest BCUT2D eigenvalue weighted by Gasteiger charge is -2.41. The van der Waals surface area contributed by atoms with E-state index in [2.05, 4.69) is 42.3 Å². The summed E-state index contributed by atoms with van der Waals surface area (Å²) in [6.45, 7) is 11.2. The van der Waals surface area contributed by atoms with Crippen LogP contribution in [0.25, 0.3) is 0 Å². The molecule has 1 aliphatic carbocycles. The first-order valence-corrected chi connectivity index (χ1v) is 8.64. The van der Waals surface area contributed by atoms with Gasteiger partial charge in [0.25, 0.3) is 0 Å². The van der Waals surface area contributed by atoms with E-state index >= 15 is 0 Å². The lowest BCUT2D eigenvalue weighted by Crippen LogP contribution is -2.57. The van der Waals surface area contributed by atoms with Crippen molar-refractivity contribution >= 4 is 0 Å². The van der Waals surface area contributed by atoms with Crippen molar-refractivity contribution in [2.45, 2.75) is 65.2 Å². The standard InChI is InChI=1S/C17H30N4/c1-4-21-11-14(8-19-21)10-20-12-17(15-5-6-15)18-9-16(20)7-13(2)3/h8,11,13,15-18H,4-7,9-10,12H2,1-3H3. The molecule has 118 valence electrons. The molecule has 1 aromatic heterocycles. The van der Waals surface area contributed by atoms with Crippen molar-refractivity contribution in [2.24, 2.45) is 11.8 Å². The molecule has 3 rings (SSSR count). The summed E-state index contributed by atoms with van der Waals surface area (Å²) in [5.41, 5.74) is 1.36. The third-order valence-electron chi connectivity index (χ3n) is 4.89. The topological polar surface area (TPSA) is 33.1 Å². The van der Waals surface area contributed by atoms with E-state index in [4.69, 9.17) is 0 Å². The molecule has 4 nitrogen and oxygen atoms in total. The highest BCUT2D eigenvalue weighted by molar-refractivity contribution is 5.06. The molecular weight excluding hydrogens is 260 g/mol. The molecule has 2 atom stereocenters. The van der Waals surface area contributed by atoms with Crippen molar-refractivity contribution < 1.29 is 0 Å².